The number of aromatic amines is 1. The van der Waals surface area contributed by atoms with Gasteiger partial charge in [0.15, 0.2) is 0 Å². The Bertz CT molecular complexity index is 656. The zero-order chi connectivity index (χ0) is 15.2. The summed E-state index contributed by atoms with van der Waals surface area (Å²) < 4.78 is 4.48. The van der Waals surface area contributed by atoms with Gasteiger partial charge in [-0.25, -0.2) is 9.78 Å². The van der Waals surface area contributed by atoms with Crippen molar-refractivity contribution in [2.24, 2.45) is 0 Å². The second kappa shape index (κ2) is 6.94. The molecule has 3 N–H and O–H groups in total. The Morgan fingerprint density at radius 3 is 2.95 bits per heavy atom. The van der Waals surface area contributed by atoms with Gasteiger partial charge in [-0.1, -0.05) is 0 Å². The number of fused-ring (bicyclic) bond motifs is 1. The van der Waals surface area contributed by atoms with E-state index < -0.39 is 6.09 Å². The third-order valence-electron chi connectivity index (χ3n) is 2.75. The molecule has 0 aliphatic carbocycles. The molecule has 8 heteroatoms. The van der Waals surface area contributed by atoms with Crippen LogP contribution in [0.5, 0.6) is 0 Å². The molecule has 1 aromatic heterocycles. The first-order chi connectivity index (χ1) is 10.1. The van der Waals surface area contributed by atoms with Crippen molar-refractivity contribution in [3.63, 3.8) is 0 Å². The number of hydrogen-bond donors (Lipinski definition) is 3. The molecule has 7 nitrogen and oxygen atoms in total. The number of carbonyl (C=O) groups excluding carboxylic acids is 2. The molecule has 0 aliphatic rings. The van der Waals surface area contributed by atoms with E-state index in [1.807, 2.05) is 0 Å². The number of ether oxygens (including phenoxy) is 1. The minimum Gasteiger partial charge on any atom is -0.453 e. The van der Waals surface area contributed by atoms with Gasteiger partial charge in [-0.3, -0.25) is 10.1 Å². The lowest BCUT2D eigenvalue weighted by Gasteiger charge is -2.03. The van der Waals surface area contributed by atoms with Crippen LogP contribution in [-0.2, 0) is 4.74 Å². The molecular formula is C13H15ClN4O3. The van der Waals surface area contributed by atoms with Crippen molar-refractivity contribution in [2.75, 3.05) is 24.9 Å². The number of rotatable bonds is 5. The predicted octanol–water partition coefficient (Wildman–Crippen LogP) is 2.10. The van der Waals surface area contributed by atoms with Gasteiger partial charge in [-0.2, -0.15) is 0 Å². The smallest absolute Gasteiger partial charge is 0.413 e. The van der Waals surface area contributed by atoms with E-state index in [9.17, 15) is 9.59 Å². The number of halogens is 1. The fraction of sp³-hybridized carbons (Fsp3) is 0.308. The first-order valence-corrected chi connectivity index (χ1v) is 6.86. The highest BCUT2D eigenvalue weighted by Crippen LogP contribution is 2.16. The van der Waals surface area contributed by atoms with Crippen LogP contribution >= 0.6 is 11.6 Å². The number of nitrogens with one attached hydrogen (secondary N) is 3. The Labute approximate surface area is 126 Å². The SMILES string of the molecule is COC(=O)Nc1nc2ccc(C(=O)NCCCCl)cc2[nH]1. The molecule has 112 valence electrons. The van der Waals surface area contributed by atoms with Crippen LogP contribution in [0.1, 0.15) is 16.8 Å². The lowest BCUT2D eigenvalue weighted by molar-refractivity contribution is 0.0954. The van der Waals surface area contributed by atoms with Crippen molar-refractivity contribution in [1.29, 1.82) is 0 Å². The van der Waals surface area contributed by atoms with Gasteiger partial charge in [0.2, 0.25) is 5.95 Å². The summed E-state index contributed by atoms with van der Waals surface area (Å²) in [6.07, 6.45) is 0.0976. The molecule has 2 amide bonds. The maximum atomic E-state index is 11.9. The quantitative estimate of drug-likeness (QED) is 0.582. The minimum absolute atomic E-state index is 0.181. The van der Waals surface area contributed by atoms with E-state index in [-0.39, 0.29) is 11.9 Å². The Kier molecular flexibility index (Phi) is 4.99. The number of anilines is 1. The van der Waals surface area contributed by atoms with Crippen LogP contribution in [0.3, 0.4) is 0 Å². The van der Waals surface area contributed by atoms with Crippen molar-refractivity contribution < 1.29 is 14.3 Å². The summed E-state index contributed by atoms with van der Waals surface area (Å²) in [5.41, 5.74) is 1.79. The number of imidazole rings is 1. The summed E-state index contributed by atoms with van der Waals surface area (Å²) in [5.74, 6) is 0.582. The molecule has 1 heterocycles. The molecule has 0 radical (unpaired) electrons. The van der Waals surface area contributed by atoms with E-state index in [1.54, 1.807) is 18.2 Å². The van der Waals surface area contributed by atoms with Crippen LogP contribution in [-0.4, -0.2) is 41.5 Å². The van der Waals surface area contributed by atoms with Crippen LogP contribution in [0.25, 0.3) is 11.0 Å². The van der Waals surface area contributed by atoms with Crippen molar-refractivity contribution in [2.45, 2.75) is 6.42 Å². The average molecular weight is 311 g/mol. The molecule has 21 heavy (non-hydrogen) atoms. The van der Waals surface area contributed by atoms with Gasteiger partial charge in [-0.05, 0) is 24.6 Å². The summed E-state index contributed by atoms with van der Waals surface area (Å²) in [4.78, 5) is 30.1. The van der Waals surface area contributed by atoms with E-state index in [1.165, 1.54) is 7.11 Å². The maximum absolute atomic E-state index is 11.9. The number of benzene rings is 1. The van der Waals surface area contributed by atoms with Crippen molar-refractivity contribution >= 4 is 40.6 Å². The molecule has 0 atom stereocenters. The zero-order valence-corrected chi connectivity index (χ0v) is 12.2. The highest BCUT2D eigenvalue weighted by Gasteiger charge is 2.10. The number of aromatic nitrogens is 2. The van der Waals surface area contributed by atoms with Gasteiger partial charge < -0.3 is 15.0 Å². The Morgan fingerprint density at radius 2 is 2.24 bits per heavy atom. The van der Waals surface area contributed by atoms with E-state index in [0.717, 1.165) is 0 Å². The lowest BCUT2D eigenvalue weighted by atomic mass is 10.2. The van der Waals surface area contributed by atoms with Crippen LogP contribution in [0, 0.1) is 0 Å². The van der Waals surface area contributed by atoms with E-state index in [2.05, 4.69) is 25.3 Å². The predicted molar refractivity (Wildman–Crippen MR) is 79.8 cm³/mol. The van der Waals surface area contributed by atoms with Crippen LogP contribution in [0.15, 0.2) is 18.2 Å². The van der Waals surface area contributed by atoms with Crippen LogP contribution < -0.4 is 10.6 Å². The van der Waals surface area contributed by atoms with Gasteiger partial charge in [0, 0.05) is 18.0 Å². The van der Waals surface area contributed by atoms with E-state index in [0.29, 0.717) is 35.4 Å². The standard InChI is InChI=1S/C13H15ClN4O3/c1-21-13(20)18-12-16-9-4-3-8(7-10(9)17-12)11(19)15-6-2-5-14/h3-4,7H,2,5-6H2,1H3,(H,15,19)(H2,16,17,18,20). The Balaban J connectivity index is 2.13. The number of H-pyrrole nitrogens is 1. The monoisotopic (exact) mass is 310 g/mol. The summed E-state index contributed by atoms with van der Waals surface area (Å²) in [6, 6.07) is 5.03. The lowest BCUT2D eigenvalue weighted by Crippen LogP contribution is -2.24. The molecular weight excluding hydrogens is 296 g/mol. The topological polar surface area (TPSA) is 96.1 Å². The highest BCUT2D eigenvalue weighted by molar-refractivity contribution is 6.17. The zero-order valence-electron chi connectivity index (χ0n) is 11.4. The molecule has 0 saturated carbocycles. The van der Waals surface area contributed by atoms with Crippen molar-refractivity contribution in [3.05, 3.63) is 23.8 Å². The fourth-order valence-electron chi connectivity index (χ4n) is 1.73. The summed E-state index contributed by atoms with van der Waals surface area (Å²) >= 11 is 5.56. The van der Waals surface area contributed by atoms with Gasteiger partial charge in [0.25, 0.3) is 5.91 Å². The molecule has 0 bridgehead atoms. The summed E-state index contributed by atoms with van der Waals surface area (Å²) in [7, 11) is 1.27. The molecule has 0 spiro atoms. The Morgan fingerprint density at radius 1 is 1.43 bits per heavy atom. The van der Waals surface area contributed by atoms with E-state index >= 15 is 0 Å². The first kappa shape index (κ1) is 15.1. The molecule has 0 aliphatic heterocycles. The van der Waals surface area contributed by atoms with Gasteiger partial charge in [0.05, 0.1) is 18.1 Å². The molecule has 0 fully saturated rings. The minimum atomic E-state index is -0.618. The largest absolute Gasteiger partial charge is 0.453 e. The molecule has 0 saturated heterocycles. The number of nitrogens with zero attached hydrogens (tertiary/aromatic N) is 1. The number of methoxy groups -OCH3 is 1. The van der Waals surface area contributed by atoms with Crippen molar-refractivity contribution in [3.8, 4) is 0 Å². The molecule has 2 aromatic rings. The van der Waals surface area contributed by atoms with Crippen molar-refractivity contribution in [1.82, 2.24) is 15.3 Å². The highest BCUT2D eigenvalue weighted by atomic mass is 35.5. The second-order valence-corrected chi connectivity index (χ2v) is 4.61. The summed E-state index contributed by atoms with van der Waals surface area (Å²) in [6.45, 7) is 0.526. The van der Waals surface area contributed by atoms with E-state index in [4.69, 9.17) is 11.6 Å². The average Bonchev–Trinajstić information content (AvgIpc) is 2.88. The summed E-state index contributed by atoms with van der Waals surface area (Å²) in [5, 5.41) is 5.19. The van der Waals surface area contributed by atoms with Crippen LogP contribution in [0.2, 0.25) is 0 Å². The van der Waals surface area contributed by atoms with Gasteiger partial charge >= 0.3 is 6.09 Å². The first-order valence-electron chi connectivity index (χ1n) is 6.33. The molecule has 2 rings (SSSR count). The maximum Gasteiger partial charge on any atom is 0.413 e. The number of amides is 2. The Hall–Kier alpha value is -2.28. The third-order valence-corrected chi connectivity index (χ3v) is 3.01. The third kappa shape index (κ3) is 3.85. The van der Waals surface area contributed by atoms with Crippen LogP contribution in [0.4, 0.5) is 10.7 Å². The molecule has 0 unspecified atom stereocenters. The second-order valence-electron chi connectivity index (χ2n) is 4.23. The fourth-order valence-corrected chi connectivity index (χ4v) is 1.86. The van der Waals surface area contributed by atoms with Gasteiger partial charge in [0.1, 0.15) is 0 Å². The number of carbonyl (C=O) groups is 2. The normalized spacial score (nSPS) is 10.4. The van der Waals surface area contributed by atoms with Gasteiger partial charge in [-0.15, -0.1) is 11.6 Å². The number of alkyl halides is 1. The molecule has 1 aromatic carbocycles. The number of hydrogen-bond acceptors (Lipinski definition) is 4.